The lowest BCUT2D eigenvalue weighted by molar-refractivity contribution is -0.150. The van der Waals surface area contributed by atoms with E-state index in [2.05, 4.69) is 56.5 Å². The smallest absolute Gasteiger partial charge is 0.306 e. The highest BCUT2D eigenvalue weighted by molar-refractivity contribution is 5.77. The van der Waals surface area contributed by atoms with Crippen LogP contribution in [-0.4, -0.2) is 46.9 Å². The first kappa shape index (κ1) is 63.1. The molecule has 0 saturated heterocycles. The number of aliphatic hydroxyl groups is 2. The lowest BCUT2D eigenvalue weighted by Crippen LogP contribution is -2.46. The van der Waals surface area contributed by atoms with E-state index in [-0.39, 0.29) is 31.3 Å². The Morgan fingerprint density at radius 1 is 0.446 bits per heavy atom. The number of hydrogen-bond acceptors (Lipinski definition) is 5. The molecule has 0 aliphatic carbocycles. The van der Waals surface area contributed by atoms with E-state index in [1.54, 1.807) is 0 Å². The molecule has 0 saturated carbocycles. The van der Waals surface area contributed by atoms with E-state index in [1.165, 1.54) is 186 Å². The van der Waals surface area contributed by atoms with Gasteiger partial charge < -0.3 is 20.3 Å². The Bertz CT molecular complexity index is 1070. The summed E-state index contributed by atoms with van der Waals surface area (Å²) in [4.78, 5) is 26.2. The molecule has 0 rings (SSSR count). The summed E-state index contributed by atoms with van der Waals surface area (Å²) in [6.07, 6.45) is 63.7. The average Bonchev–Trinajstić information content (AvgIpc) is 3.30. The van der Waals surface area contributed by atoms with E-state index in [0.29, 0.717) is 19.3 Å². The van der Waals surface area contributed by atoms with Crippen molar-refractivity contribution in [2.24, 2.45) is 0 Å². The molecule has 0 aromatic rings. The summed E-state index contributed by atoms with van der Waals surface area (Å²) in [5.74, 6) is -0.557. The Labute approximate surface area is 404 Å². The van der Waals surface area contributed by atoms with E-state index >= 15 is 0 Å². The van der Waals surface area contributed by atoms with Crippen molar-refractivity contribution in [3.63, 3.8) is 0 Å². The third kappa shape index (κ3) is 48.3. The number of carbonyl (C=O) groups is 2. The fourth-order valence-corrected chi connectivity index (χ4v) is 8.83. The molecule has 382 valence electrons. The molecule has 0 spiro atoms. The molecule has 0 fully saturated rings. The quantitative estimate of drug-likeness (QED) is 0.0321. The van der Waals surface area contributed by atoms with Gasteiger partial charge in [-0.05, 0) is 70.6 Å². The van der Waals surface area contributed by atoms with Gasteiger partial charge in [0, 0.05) is 6.42 Å². The van der Waals surface area contributed by atoms with Crippen molar-refractivity contribution < 1.29 is 24.5 Å². The van der Waals surface area contributed by atoms with Gasteiger partial charge in [0.15, 0.2) is 0 Å². The number of unbranched alkanes of at least 4 members (excludes halogenated alkanes) is 34. The van der Waals surface area contributed by atoms with Crippen molar-refractivity contribution in [1.29, 1.82) is 0 Å². The second-order valence-electron chi connectivity index (χ2n) is 19.7. The predicted molar refractivity (Wildman–Crippen MR) is 282 cm³/mol. The molecule has 6 heteroatoms. The maximum atomic E-state index is 13.2. The molecule has 0 radical (unpaired) electrons. The fourth-order valence-electron chi connectivity index (χ4n) is 8.83. The summed E-state index contributed by atoms with van der Waals surface area (Å²) in [6.45, 7) is 6.49. The van der Waals surface area contributed by atoms with Gasteiger partial charge in [0.25, 0.3) is 0 Å². The number of allylic oxidation sites excluding steroid dienone is 6. The molecular formula is C59H111NO5. The SMILES string of the molecule is CCCCCCCC/C=C\C/C=C/CCC(=O)OC(CCCCC/C=C/CCCCCCCCCCC)CC(=O)NC(CO)C(O)CCCCCCCCCCCCCCCCCCC. The fraction of sp³-hybridized carbons (Fsp3) is 0.864. The van der Waals surface area contributed by atoms with E-state index in [0.717, 1.165) is 64.2 Å². The molecular weight excluding hydrogens is 803 g/mol. The zero-order chi connectivity index (χ0) is 47.4. The van der Waals surface area contributed by atoms with Crippen LogP contribution in [0.4, 0.5) is 0 Å². The maximum absolute atomic E-state index is 13.2. The molecule has 0 aromatic carbocycles. The second-order valence-corrected chi connectivity index (χ2v) is 19.7. The van der Waals surface area contributed by atoms with E-state index in [4.69, 9.17) is 4.74 Å². The Morgan fingerprint density at radius 3 is 1.20 bits per heavy atom. The first-order chi connectivity index (χ1) is 32.0. The van der Waals surface area contributed by atoms with Gasteiger partial charge in [-0.25, -0.2) is 0 Å². The van der Waals surface area contributed by atoms with Crippen LogP contribution in [0, 0.1) is 0 Å². The van der Waals surface area contributed by atoms with Gasteiger partial charge in [-0.2, -0.15) is 0 Å². The van der Waals surface area contributed by atoms with Crippen LogP contribution in [0.15, 0.2) is 36.5 Å². The van der Waals surface area contributed by atoms with Crippen molar-refractivity contribution in [2.75, 3.05) is 6.61 Å². The molecule has 1 amide bonds. The number of hydrogen-bond donors (Lipinski definition) is 3. The van der Waals surface area contributed by atoms with E-state index < -0.39 is 18.2 Å². The molecule has 65 heavy (non-hydrogen) atoms. The number of rotatable bonds is 52. The van der Waals surface area contributed by atoms with Gasteiger partial charge in [0.1, 0.15) is 6.10 Å². The summed E-state index contributed by atoms with van der Waals surface area (Å²) >= 11 is 0. The van der Waals surface area contributed by atoms with Crippen molar-refractivity contribution in [3.8, 4) is 0 Å². The normalized spacial score (nSPS) is 13.4. The molecule has 0 aliphatic rings. The van der Waals surface area contributed by atoms with Gasteiger partial charge in [-0.3, -0.25) is 9.59 Å². The maximum Gasteiger partial charge on any atom is 0.306 e. The average molecular weight is 915 g/mol. The monoisotopic (exact) mass is 914 g/mol. The van der Waals surface area contributed by atoms with Gasteiger partial charge in [0.2, 0.25) is 5.91 Å². The minimum Gasteiger partial charge on any atom is -0.462 e. The summed E-state index contributed by atoms with van der Waals surface area (Å²) in [5, 5.41) is 23.9. The molecule has 3 N–H and O–H groups in total. The lowest BCUT2D eigenvalue weighted by Gasteiger charge is -2.24. The topological polar surface area (TPSA) is 95.9 Å². The number of ether oxygens (including phenoxy) is 1. The zero-order valence-electron chi connectivity index (χ0n) is 43.6. The zero-order valence-corrected chi connectivity index (χ0v) is 43.6. The largest absolute Gasteiger partial charge is 0.462 e. The van der Waals surface area contributed by atoms with Gasteiger partial charge in [-0.15, -0.1) is 0 Å². The summed E-state index contributed by atoms with van der Waals surface area (Å²) < 4.78 is 5.91. The Hall–Kier alpha value is -1.92. The van der Waals surface area contributed by atoms with Crippen LogP contribution < -0.4 is 5.32 Å². The van der Waals surface area contributed by atoms with Crippen LogP contribution in [0.2, 0.25) is 0 Å². The highest BCUT2D eigenvalue weighted by atomic mass is 16.5. The van der Waals surface area contributed by atoms with Crippen LogP contribution in [0.3, 0.4) is 0 Å². The van der Waals surface area contributed by atoms with E-state index in [1.807, 2.05) is 6.08 Å². The second kappa shape index (κ2) is 53.0. The number of amides is 1. The first-order valence-corrected chi connectivity index (χ1v) is 28.7. The molecule has 0 aromatic heterocycles. The number of carbonyl (C=O) groups excluding carboxylic acids is 2. The minimum atomic E-state index is -0.799. The summed E-state index contributed by atoms with van der Waals surface area (Å²) in [6, 6.07) is -0.716. The van der Waals surface area contributed by atoms with Crippen molar-refractivity contribution in [1.82, 2.24) is 5.32 Å². The lowest BCUT2D eigenvalue weighted by atomic mass is 10.0. The van der Waals surface area contributed by atoms with Crippen LogP contribution in [0.1, 0.15) is 303 Å². The molecule has 0 heterocycles. The number of esters is 1. The Morgan fingerprint density at radius 2 is 0.785 bits per heavy atom. The Balaban J connectivity index is 4.58. The van der Waals surface area contributed by atoms with Crippen LogP contribution in [0.25, 0.3) is 0 Å². The predicted octanol–water partition coefficient (Wildman–Crippen LogP) is 17.6. The van der Waals surface area contributed by atoms with Crippen LogP contribution >= 0.6 is 0 Å². The van der Waals surface area contributed by atoms with Gasteiger partial charge in [-0.1, -0.05) is 256 Å². The third-order valence-corrected chi connectivity index (χ3v) is 13.2. The molecule has 3 unspecified atom stereocenters. The Kier molecular flexibility index (Phi) is 51.5. The van der Waals surface area contributed by atoms with Crippen molar-refractivity contribution >= 4 is 11.9 Å². The third-order valence-electron chi connectivity index (χ3n) is 13.2. The molecule has 0 aliphatic heterocycles. The van der Waals surface area contributed by atoms with Crippen LogP contribution in [0.5, 0.6) is 0 Å². The first-order valence-electron chi connectivity index (χ1n) is 28.7. The highest BCUT2D eigenvalue weighted by Gasteiger charge is 2.24. The number of aliphatic hydroxyl groups excluding tert-OH is 2. The molecule has 0 bridgehead atoms. The number of nitrogens with one attached hydrogen (secondary N) is 1. The molecule has 6 nitrogen and oxygen atoms in total. The van der Waals surface area contributed by atoms with Crippen LogP contribution in [-0.2, 0) is 14.3 Å². The summed E-state index contributed by atoms with van der Waals surface area (Å²) in [7, 11) is 0. The van der Waals surface area contributed by atoms with Gasteiger partial charge in [0.05, 0.1) is 25.2 Å². The van der Waals surface area contributed by atoms with Crippen molar-refractivity contribution in [2.45, 2.75) is 322 Å². The minimum absolute atomic E-state index is 0.0476. The molecule has 3 atom stereocenters. The summed E-state index contributed by atoms with van der Waals surface area (Å²) in [5.41, 5.74) is 0. The van der Waals surface area contributed by atoms with E-state index in [9.17, 15) is 19.8 Å². The highest BCUT2D eigenvalue weighted by Crippen LogP contribution is 2.18. The van der Waals surface area contributed by atoms with Gasteiger partial charge >= 0.3 is 5.97 Å². The standard InChI is InChI=1S/C59H111NO5/c1-4-7-10-13-16-19-22-25-27-29-31-34-36-39-42-45-48-51-57(62)56(54-61)60-58(63)53-55(50-47-44-41-38-35-33-30-28-26-23-20-17-14-11-8-5-2)65-59(64)52-49-46-43-40-37-32-24-21-18-15-12-9-6-3/h32-33,35,37,43,46,55-57,61-62H,4-31,34,36,38-42,44-45,47-54H2,1-3H3,(H,60,63)/b35-33+,37-32-,46-43+. The van der Waals surface area contributed by atoms with Crippen molar-refractivity contribution in [3.05, 3.63) is 36.5 Å².